The maximum atomic E-state index is 12.4. The second-order valence-electron chi connectivity index (χ2n) is 7.73. The van der Waals surface area contributed by atoms with Gasteiger partial charge < -0.3 is 19.7 Å². The number of carbonyl (C=O) groups is 1. The van der Waals surface area contributed by atoms with Crippen molar-refractivity contribution >= 4 is 39.6 Å². The summed E-state index contributed by atoms with van der Waals surface area (Å²) in [7, 11) is 0. The summed E-state index contributed by atoms with van der Waals surface area (Å²) in [5.74, 6) is 1.18. The van der Waals surface area contributed by atoms with Crippen molar-refractivity contribution in [3.8, 4) is 11.5 Å². The fraction of sp³-hybridized carbons (Fsp3) is 0.217. The van der Waals surface area contributed by atoms with Gasteiger partial charge in [-0.25, -0.2) is 4.98 Å². The van der Waals surface area contributed by atoms with Crippen LogP contribution in [0.5, 0.6) is 0 Å². The molecule has 9 heteroatoms. The van der Waals surface area contributed by atoms with Crippen molar-refractivity contribution in [2.24, 2.45) is 0 Å². The fourth-order valence-electron chi connectivity index (χ4n) is 3.64. The summed E-state index contributed by atoms with van der Waals surface area (Å²) in [6, 6.07) is 13.5. The first-order valence-electron chi connectivity index (χ1n) is 10.3. The van der Waals surface area contributed by atoms with Crippen LogP contribution in [0.2, 0.25) is 0 Å². The van der Waals surface area contributed by atoms with Crippen LogP contribution in [-0.2, 0) is 4.79 Å². The number of carbonyl (C=O) groups excluding carboxylic acids is 1. The number of aryl methyl sites for hydroxylation is 2. The number of benzene rings is 2. The van der Waals surface area contributed by atoms with Gasteiger partial charge in [0.15, 0.2) is 0 Å². The number of imidazole rings is 1. The molecule has 2 aromatic carbocycles. The van der Waals surface area contributed by atoms with Crippen LogP contribution in [0, 0.1) is 13.8 Å². The standard InChI is InChI=1S/C23H22N6O2S/c1-12-13(2)24-17-9-8-15(10-16(12)17)22-28-29-23(31-22)32-11-20(30)25-14(3)21-26-18-6-4-5-7-19(18)27-21/h4-10,14,24H,11H2,1-3H3,(H,25,30)(H,26,27)/t14-/m0/s1. The summed E-state index contributed by atoms with van der Waals surface area (Å²) in [6.07, 6.45) is 0. The summed E-state index contributed by atoms with van der Waals surface area (Å²) >= 11 is 1.21. The highest BCUT2D eigenvalue weighted by Crippen LogP contribution is 2.28. The Labute approximate surface area is 188 Å². The Morgan fingerprint density at radius 2 is 1.97 bits per heavy atom. The van der Waals surface area contributed by atoms with Gasteiger partial charge in [-0.15, -0.1) is 10.2 Å². The topological polar surface area (TPSA) is 112 Å². The van der Waals surface area contributed by atoms with E-state index >= 15 is 0 Å². The van der Waals surface area contributed by atoms with Crippen molar-refractivity contribution in [3.63, 3.8) is 0 Å². The van der Waals surface area contributed by atoms with E-state index < -0.39 is 0 Å². The minimum Gasteiger partial charge on any atom is -0.411 e. The van der Waals surface area contributed by atoms with Gasteiger partial charge in [0.05, 0.1) is 22.8 Å². The first kappa shape index (κ1) is 20.3. The van der Waals surface area contributed by atoms with Crippen molar-refractivity contribution in [1.29, 1.82) is 0 Å². The summed E-state index contributed by atoms with van der Waals surface area (Å²) < 4.78 is 5.78. The normalized spacial score (nSPS) is 12.5. The molecule has 0 bridgehead atoms. The number of nitrogens with zero attached hydrogens (tertiary/aromatic N) is 3. The van der Waals surface area contributed by atoms with E-state index in [9.17, 15) is 4.79 Å². The van der Waals surface area contributed by atoms with E-state index in [4.69, 9.17) is 4.42 Å². The zero-order valence-electron chi connectivity index (χ0n) is 17.9. The number of amides is 1. The molecule has 3 aromatic heterocycles. The number of aromatic nitrogens is 5. The smallest absolute Gasteiger partial charge is 0.277 e. The van der Waals surface area contributed by atoms with Crippen molar-refractivity contribution in [2.45, 2.75) is 32.0 Å². The molecule has 1 amide bonds. The van der Waals surface area contributed by atoms with E-state index in [0.717, 1.165) is 39.0 Å². The largest absolute Gasteiger partial charge is 0.411 e. The summed E-state index contributed by atoms with van der Waals surface area (Å²) in [5, 5.41) is 12.7. The quantitative estimate of drug-likeness (QED) is 0.327. The minimum atomic E-state index is -0.242. The third kappa shape index (κ3) is 3.87. The number of para-hydroxylation sites is 2. The number of hydrogen-bond donors (Lipinski definition) is 3. The molecule has 8 nitrogen and oxygen atoms in total. The molecule has 0 fully saturated rings. The van der Waals surface area contributed by atoms with Gasteiger partial charge in [0.1, 0.15) is 5.82 Å². The molecule has 0 aliphatic carbocycles. The van der Waals surface area contributed by atoms with E-state index in [2.05, 4.69) is 44.3 Å². The van der Waals surface area contributed by atoms with Gasteiger partial charge in [-0.1, -0.05) is 23.9 Å². The third-order valence-corrected chi connectivity index (χ3v) is 6.30. The minimum absolute atomic E-state index is 0.137. The highest BCUT2D eigenvalue weighted by Gasteiger charge is 2.16. The Kier molecular flexibility index (Phi) is 5.18. The lowest BCUT2D eigenvalue weighted by atomic mass is 10.1. The highest BCUT2D eigenvalue weighted by atomic mass is 32.2. The van der Waals surface area contributed by atoms with E-state index in [1.54, 1.807) is 0 Å². The SMILES string of the molecule is Cc1[nH]c2ccc(-c3nnc(SCC(=O)N[C@@H](C)c4nc5ccccc5[nH]4)o3)cc2c1C. The average molecular weight is 447 g/mol. The third-order valence-electron chi connectivity index (χ3n) is 5.48. The molecule has 162 valence electrons. The van der Waals surface area contributed by atoms with Crippen LogP contribution >= 0.6 is 11.8 Å². The van der Waals surface area contributed by atoms with Crippen LogP contribution in [0.1, 0.15) is 30.0 Å². The number of hydrogen-bond acceptors (Lipinski definition) is 6. The highest BCUT2D eigenvalue weighted by molar-refractivity contribution is 7.99. The second-order valence-corrected chi connectivity index (χ2v) is 8.65. The molecule has 1 atom stereocenters. The van der Waals surface area contributed by atoms with Crippen molar-refractivity contribution in [1.82, 2.24) is 30.5 Å². The summed E-state index contributed by atoms with van der Waals surface area (Å²) in [4.78, 5) is 23.5. The number of aromatic amines is 2. The molecule has 3 heterocycles. The van der Waals surface area contributed by atoms with Crippen LogP contribution < -0.4 is 5.32 Å². The summed E-state index contributed by atoms with van der Waals surface area (Å²) in [5.41, 5.74) is 6.09. The molecule has 0 saturated carbocycles. The average Bonchev–Trinajstić information content (AvgIpc) is 3.50. The first-order chi connectivity index (χ1) is 15.5. The Morgan fingerprint density at radius 1 is 1.12 bits per heavy atom. The van der Waals surface area contributed by atoms with Gasteiger partial charge >= 0.3 is 0 Å². The van der Waals surface area contributed by atoms with Gasteiger partial charge in [0.2, 0.25) is 11.8 Å². The lowest BCUT2D eigenvalue weighted by Gasteiger charge is -2.10. The predicted molar refractivity (Wildman–Crippen MR) is 124 cm³/mol. The van der Waals surface area contributed by atoms with Gasteiger partial charge in [-0.3, -0.25) is 4.79 Å². The van der Waals surface area contributed by atoms with Gasteiger partial charge in [0, 0.05) is 22.2 Å². The molecule has 5 rings (SSSR count). The molecule has 0 aliphatic heterocycles. The molecule has 5 aromatic rings. The number of rotatable bonds is 6. The molecule has 0 radical (unpaired) electrons. The Bertz CT molecular complexity index is 1400. The van der Waals surface area contributed by atoms with E-state index in [-0.39, 0.29) is 17.7 Å². The number of H-pyrrole nitrogens is 2. The van der Waals surface area contributed by atoms with E-state index in [1.165, 1.54) is 17.3 Å². The molecule has 0 saturated heterocycles. The van der Waals surface area contributed by atoms with Crippen molar-refractivity contribution < 1.29 is 9.21 Å². The molecule has 3 N–H and O–H groups in total. The number of nitrogens with one attached hydrogen (secondary N) is 3. The van der Waals surface area contributed by atoms with Crippen molar-refractivity contribution in [2.75, 3.05) is 5.75 Å². The second kappa shape index (κ2) is 8.16. The Morgan fingerprint density at radius 3 is 2.81 bits per heavy atom. The van der Waals surface area contributed by atoms with Crippen LogP contribution in [0.3, 0.4) is 0 Å². The van der Waals surface area contributed by atoms with Crippen LogP contribution in [0.15, 0.2) is 52.1 Å². The molecule has 0 aliphatic rings. The molecule has 0 spiro atoms. The predicted octanol–water partition coefficient (Wildman–Crippen LogP) is 4.68. The summed E-state index contributed by atoms with van der Waals surface area (Å²) in [6.45, 7) is 6.03. The lowest BCUT2D eigenvalue weighted by Crippen LogP contribution is -2.28. The van der Waals surface area contributed by atoms with Gasteiger partial charge in [-0.2, -0.15) is 0 Å². The first-order valence-corrected chi connectivity index (χ1v) is 11.3. The maximum absolute atomic E-state index is 12.4. The van der Waals surface area contributed by atoms with Crippen LogP contribution in [-0.4, -0.2) is 36.8 Å². The van der Waals surface area contributed by atoms with Gasteiger partial charge in [-0.05, 0) is 56.7 Å². The molecular weight excluding hydrogens is 424 g/mol. The number of fused-ring (bicyclic) bond motifs is 2. The van der Waals surface area contributed by atoms with Crippen LogP contribution in [0.4, 0.5) is 0 Å². The number of thioether (sulfide) groups is 1. The monoisotopic (exact) mass is 446 g/mol. The lowest BCUT2D eigenvalue weighted by molar-refractivity contribution is -0.119. The molecular formula is C23H22N6O2S. The molecule has 32 heavy (non-hydrogen) atoms. The zero-order chi connectivity index (χ0) is 22.2. The van der Waals surface area contributed by atoms with E-state index in [0.29, 0.717) is 11.1 Å². The van der Waals surface area contributed by atoms with Gasteiger partial charge in [0.25, 0.3) is 5.22 Å². The zero-order valence-corrected chi connectivity index (χ0v) is 18.7. The Hall–Kier alpha value is -3.59. The molecule has 0 unspecified atom stereocenters. The fourth-order valence-corrected chi connectivity index (χ4v) is 4.21. The maximum Gasteiger partial charge on any atom is 0.277 e. The van der Waals surface area contributed by atoms with Crippen LogP contribution in [0.25, 0.3) is 33.4 Å². The Balaban J connectivity index is 1.22. The van der Waals surface area contributed by atoms with Crippen molar-refractivity contribution in [3.05, 3.63) is 59.5 Å². The van der Waals surface area contributed by atoms with E-state index in [1.807, 2.05) is 49.4 Å².